The van der Waals surface area contributed by atoms with Crippen LogP contribution in [0.15, 0.2) is 6.07 Å². The topological polar surface area (TPSA) is 85.8 Å². The Hall–Kier alpha value is -2.09. The summed E-state index contributed by atoms with van der Waals surface area (Å²) >= 11 is 0. The zero-order chi connectivity index (χ0) is 14.9. The van der Waals surface area contributed by atoms with Crippen molar-refractivity contribution < 1.29 is 19.0 Å². The predicted octanol–water partition coefficient (Wildman–Crippen LogP) is -0.411. The summed E-state index contributed by atoms with van der Waals surface area (Å²) in [4.78, 5) is 21.7. The van der Waals surface area contributed by atoms with E-state index in [1.165, 1.54) is 7.11 Å². The van der Waals surface area contributed by atoms with Gasteiger partial charge >= 0.3 is 6.01 Å². The highest BCUT2D eigenvalue weighted by Crippen LogP contribution is 2.31. The second-order valence-electron chi connectivity index (χ2n) is 5.18. The van der Waals surface area contributed by atoms with Gasteiger partial charge in [0.05, 0.1) is 20.8 Å². The minimum absolute atomic E-state index is 0.0653. The lowest BCUT2D eigenvalue weighted by Gasteiger charge is -2.33. The zero-order valence-corrected chi connectivity index (χ0v) is 12.1. The average molecular weight is 294 g/mol. The number of aromatic nitrogens is 2. The zero-order valence-electron chi connectivity index (χ0n) is 12.1. The maximum Gasteiger partial charge on any atom is 0.321 e. The first kappa shape index (κ1) is 13.9. The van der Waals surface area contributed by atoms with Crippen molar-refractivity contribution in [2.45, 2.75) is 12.0 Å². The number of hydrogen-bond donors (Lipinski definition) is 1. The molecule has 1 atom stereocenters. The van der Waals surface area contributed by atoms with E-state index < -0.39 is 0 Å². The number of hydrogen-bond acceptors (Lipinski definition) is 7. The van der Waals surface area contributed by atoms with Crippen LogP contribution in [0.3, 0.4) is 0 Å². The number of nitrogens with zero attached hydrogens (tertiary/aromatic N) is 3. The van der Waals surface area contributed by atoms with Crippen molar-refractivity contribution in [1.29, 1.82) is 0 Å². The third kappa shape index (κ3) is 2.71. The van der Waals surface area contributed by atoms with Crippen LogP contribution >= 0.6 is 0 Å². The Labute approximate surface area is 122 Å². The molecule has 0 aliphatic carbocycles. The van der Waals surface area contributed by atoms with Gasteiger partial charge in [0.1, 0.15) is 18.0 Å². The molecule has 0 radical (unpaired) electrons. The third-order valence-corrected chi connectivity index (χ3v) is 3.82. The number of nitrogens with one attached hydrogen (secondary N) is 1. The van der Waals surface area contributed by atoms with Gasteiger partial charge in [0.25, 0.3) is 0 Å². The van der Waals surface area contributed by atoms with E-state index in [4.69, 9.17) is 14.2 Å². The SMILES string of the molecule is COc1cc(N2CCC3(CNC(=O)CO3)C2)nc(OC)n1. The molecule has 2 fully saturated rings. The Morgan fingerprint density at radius 3 is 2.90 bits per heavy atom. The van der Waals surface area contributed by atoms with Gasteiger partial charge < -0.3 is 24.4 Å². The lowest BCUT2D eigenvalue weighted by atomic mass is 10.0. The summed E-state index contributed by atoms with van der Waals surface area (Å²) in [6, 6.07) is 2.03. The third-order valence-electron chi connectivity index (χ3n) is 3.82. The lowest BCUT2D eigenvalue weighted by molar-refractivity contribution is -0.141. The molecular weight excluding hydrogens is 276 g/mol. The van der Waals surface area contributed by atoms with Gasteiger partial charge in [0.2, 0.25) is 11.8 Å². The largest absolute Gasteiger partial charge is 0.481 e. The number of carbonyl (C=O) groups is 1. The summed E-state index contributed by atoms with van der Waals surface area (Å²) in [7, 11) is 3.07. The summed E-state index contributed by atoms with van der Waals surface area (Å²) in [6.07, 6.45) is 0.835. The second kappa shape index (κ2) is 5.36. The molecule has 114 valence electrons. The Bertz CT molecular complexity index is 519. The van der Waals surface area contributed by atoms with Gasteiger partial charge in [-0.25, -0.2) is 0 Å². The molecule has 2 aliphatic heterocycles. The van der Waals surface area contributed by atoms with E-state index in [0.29, 0.717) is 19.0 Å². The number of rotatable bonds is 3. The first-order valence-corrected chi connectivity index (χ1v) is 6.77. The van der Waals surface area contributed by atoms with Crippen LogP contribution in [-0.2, 0) is 9.53 Å². The number of amides is 1. The fraction of sp³-hybridized carbons (Fsp3) is 0.615. The van der Waals surface area contributed by atoms with Gasteiger partial charge in [-0.1, -0.05) is 0 Å². The highest BCUT2D eigenvalue weighted by molar-refractivity contribution is 5.78. The van der Waals surface area contributed by atoms with E-state index in [1.54, 1.807) is 13.2 Å². The van der Waals surface area contributed by atoms with Crippen molar-refractivity contribution in [1.82, 2.24) is 15.3 Å². The molecule has 1 aromatic rings. The number of morpholine rings is 1. The minimum atomic E-state index is -0.334. The van der Waals surface area contributed by atoms with Gasteiger partial charge in [0, 0.05) is 19.2 Å². The van der Waals surface area contributed by atoms with Crippen molar-refractivity contribution >= 4 is 11.7 Å². The van der Waals surface area contributed by atoms with E-state index in [1.807, 2.05) is 0 Å². The molecule has 21 heavy (non-hydrogen) atoms. The molecule has 1 aromatic heterocycles. The van der Waals surface area contributed by atoms with Crippen LogP contribution in [0.25, 0.3) is 0 Å². The monoisotopic (exact) mass is 294 g/mol. The number of carbonyl (C=O) groups excluding carboxylic acids is 1. The van der Waals surface area contributed by atoms with Gasteiger partial charge in [-0.15, -0.1) is 0 Å². The van der Waals surface area contributed by atoms with Crippen molar-refractivity contribution in [2.24, 2.45) is 0 Å². The van der Waals surface area contributed by atoms with E-state index >= 15 is 0 Å². The number of anilines is 1. The molecule has 1 spiro atoms. The fourth-order valence-electron chi connectivity index (χ4n) is 2.63. The van der Waals surface area contributed by atoms with Crippen molar-refractivity contribution in [3.8, 4) is 11.9 Å². The quantitative estimate of drug-likeness (QED) is 0.811. The van der Waals surface area contributed by atoms with Crippen LogP contribution < -0.4 is 19.7 Å². The Kier molecular flexibility index (Phi) is 3.54. The lowest BCUT2D eigenvalue weighted by Crippen LogP contribution is -2.53. The minimum Gasteiger partial charge on any atom is -0.481 e. The summed E-state index contributed by atoms with van der Waals surface area (Å²) in [5.41, 5.74) is -0.334. The molecule has 1 amide bonds. The predicted molar refractivity (Wildman–Crippen MR) is 73.7 cm³/mol. The Morgan fingerprint density at radius 1 is 1.38 bits per heavy atom. The maximum atomic E-state index is 11.2. The number of methoxy groups -OCH3 is 2. The van der Waals surface area contributed by atoms with Crippen molar-refractivity contribution in [3.05, 3.63) is 6.07 Å². The molecule has 3 heterocycles. The Morgan fingerprint density at radius 2 is 2.24 bits per heavy atom. The summed E-state index contributed by atoms with van der Waals surface area (Å²) in [6.45, 7) is 2.10. The van der Waals surface area contributed by atoms with E-state index in [2.05, 4.69) is 20.2 Å². The fourth-order valence-corrected chi connectivity index (χ4v) is 2.63. The smallest absolute Gasteiger partial charge is 0.321 e. The molecule has 2 saturated heterocycles. The standard InChI is InChI=1S/C13H18N4O4/c1-19-11-5-9(15-12(16-11)20-2)17-4-3-13(8-17)7-14-10(18)6-21-13/h5H,3-4,6-8H2,1-2H3,(H,14,18). The second-order valence-corrected chi connectivity index (χ2v) is 5.18. The van der Waals surface area contributed by atoms with Gasteiger partial charge in [0.15, 0.2) is 0 Å². The van der Waals surface area contributed by atoms with Crippen LogP contribution in [0.1, 0.15) is 6.42 Å². The van der Waals surface area contributed by atoms with Crippen molar-refractivity contribution in [3.63, 3.8) is 0 Å². The summed E-state index contributed by atoms with van der Waals surface area (Å²) < 4.78 is 16.0. The first-order chi connectivity index (χ1) is 10.1. The molecule has 0 aromatic carbocycles. The molecule has 2 aliphatic rings. The molecule has 8 nitrogen and oxygen atoms in total. The van der Waals surface area contributed by atoms with Crippen LogP contribution in [0.2, 0.25) is 0 Å². The van der Waals surface area contributed by atoms with Crippen molar-refractivity contribution in [2.75, 3.05) is 45.4 Å². The summed E-state index contributed by atoms with van der Waals surface area (Å²) in [5.74, 6) is 1.12. The molecule has 8 heteroatoms. The molecule has 0 bridgehead atoms. The highest BCUT2D eigenvalue weighted by Gasteiger charge is 2.42. The molecular formula is C13H18N4O4. The van der Waals surface area contributed by atoms with E-state index in [-0.39, 0.29) is 24.1 Å². The normalized spacial score (nSPS) is 25.0. The molecule has 1 N–H and O–H groups in total. The average Bonchev–Trinajstić information content (AvgIpc) is 2.94. The van der Waals surface area contributed by atoms with Gasteiger partial charge in [-0.05, 0) is 6.42 Å². The summed E-state index contributed by atoms with van der Waals surface area (Å²) in [5, 5.41) is 2.86. The van der Waals surface area contributed by atoms with E-state index in [0.717, 1.165) is 18.8 Å². The molecule has 3 rings (SSSR count). The molecule has 1 unspecified atom stereocenters. The van der Waals surface area contributed by atoms with Crippen LogP contribution in [0.4, 0.5) is 5.82 Å². The van der Waals surface area contributed by atoms with Gasteiger partial charge in [-0.3, -0.25) is 4.79 Å². The van der Waals surface area contributed by atoms with Gasteiger partial charge in [-0.2, -0.15) is 9.97 Å². The first-order valence-electron chi connectivity index (χ1n) is 6.77. The van der Waals surface area contributed by atoms with Crippen LogP contribution in [0.5, 0.6) is 11.9 Å². The van der Waals surface area contributed by atoms with E-state index in [9.17, 15) is 4.79 Å². The maximum absolute atomic E-state index is 11.2. The molecule has 0 saturated carbocycles. The Balaban J connectivity index is 1.78. The van der Waals surface area contributed by atoms with Crippen LogP contribution in [0, 0.1) is 0 Å². The number of ether oxygens (including phenoxy) is 3. The highest BCUT2D eigenvalue weighted by atomic mass is 16.5. The van der Waals surface area contributed by atoms with Crippen LogP contribution in [-0.4, -0.2) is 61.9 Å².